The van der Waals surface area contributed by atoms with E-state index in [2.05, 4.69) is 0 Å². The monoisotopic (exact) mass is 1130 g/mol. The van der Waals surface area contributed by atoms with Crippen molar-refractivity contribution in [3.05, 3.63) is 87.5 Å². The van der Waals surface area contributed by atoms with Crippen LogP contribution in [0.4, 0.5) is 5.69 Å². The molecule has 2 aromatic heterocycles. The lowest BCUT2D eigenvalue weighted by Crippen LogP contribution is -2.58. The van der Waals surface area contributed by atoms with Crippen LogP contribution in [0.1, 0.15) is 22.3 Å². The van der Waals surface area contributed by atoms with Gasteiger partial charge >= 0.3 is 17.6 Å². The molecule has 2 N–H and O–H groups in total. The van der Waals surface area contributed by atoms with E-state index in [1.165, 1.54) is 297 Å². The molecule has 1 fully saturated rings. The first-order valence-corrected chi connectivity index (χ1v) is 31.6. The van der Waals surface area contributed by atoms with E-state index in [1.807, 2.05) is 41.3 Å². The molecule has 390 valence electrons. The predicted octanol–water partition coefficient (Wildman–Crippen LogP) is 19.4. The zero-order valence-corrected chi connectivity index (χ0v) is 45.1. The van der Waals surface area contributed by atoms with E-state index in [0.717, 1.165) is 27.6 Å². The van der Waals surface area contributed by atoms with Crippen LogP contribution in [0, 0.1) is 0 Å². The number of ether oxygens (including phenoxy) is 1. The van der Waals surface area contributed by atoms with Crippen LogP contribution in [0.2, 0.25) is 0 Å². The molecule has 0 saturated carbocycles. The van der Waals surface area contributed by atoms with Crippen molar-refractivity contribution in [1.82, 2.24) is 0 Å². The van der Waals surface area contributed by atoms with Crippen LogP contribution in [-0.2, 0) is 20.4 Å². The Hall–Kier alpha value is -11.8. The van der Waals surface area contributed by atoms with Crippen molar-refractivity contribution < 1.29 is 33.4 Å². The van der Waals surface area contributed by atoms with E-state index >= 15 is 9.59 Å². The fourth-order valence-electron chi connectivity index (χ4n) is 28.3. The Morgan fingerprint density at radius 2 is 0.611 bits per heavy atom. The summed E-state index contributed by atoms with van der Waals surface area (Å²) in [6.07, 6.45) is 1.58. The number of carbonyl (C=O) groups is 2. The molecule has 30 aromatic carbocycles. The molecule has 0 radical (unpaired) electrons. The van der Waals surface area contributed by atoms with Crippen LogP contribution in [0.5, 0.6) is 11.5 Å². The lowest BCUT2D eigenvalue weighted by Gasteiger charge is -2.51. The summed E-state index contributed by atoms with van der Waals surface area (Å²) in [5.41, 5.74) is 2.08. The van der Waals surface area contributed by atoms with E-state index in [1.54, 1.807) is 12.3 Å². The topological polar surface area (TPSA) is 130 Å². The summed E-state index contributed by atoms with van der Waals surface area (Å²) in [6.45, 7) is 0. The van der Waals surface area contributed by atoms with Gasteiger partial charge in [0, 0.05) is 22.5 Å². The molecule has 32 aromatic rings. The number of hydrogen-bond donors (Lipinski definition) is 2. The number of nitrogens with zero attached hydrogens (tertiary/aromatic N) is 1. The van der Waals surface area contributed by atoms with Crippen LogP contribution in [0.15, 0.2) is 68.4 Å². The van der Waals surface area contributed by atoms with E-state index in [-0.39, 0.29) is 11.3 Å². The Morgan fingerprint density at radius 1 is 0.344 bits per heavy atom. The molecule has 4 aliphatic carbocycles. The Kier molecular flexibility index (Phi) is 3.57. The van der Waals surface area contributed by atoms with Crippen molar-refractivity contribution in [2.45, 2.75) is 22.9 Å². The van der Waals surface area contributed by atoms with Crippen LogP contribution in [0.3, 0.4) is 0 Å². The second kappa shape index (κ2) is 8.84. The number of benzene rings is 20. The summed E-state index contributed by atoms with van der Waals surface area (Å²) < 4.78 is 18.6. The molecule has 1 saturated heterocycles. The maximum atomic E-state index is 16.3. The Balaban J connectivity index is 0.867. The van der Waals surface area contributed by atoms with E-state index in [9.17, 15) is 15.0 Å². The lowest BCUT2D eigenvalue weighted by atomic mass is 9.46. The smallest absolute Gasteiger partial charge is 0.336 e. The van der Waals surface area contributed by atoms with E-state index in [0.29, 0.717) is 22.4 Å². The van der Waals surface area contributed by atoms with Gasteiger partial charge in [0.05, 0.1) is 17.1 Å². The first-order chi connectivity index (χ1) is 44.4. The molecule has 2 spiro atoms. The predicted molar refractivity (Wildman–Crippen MR) is 358 cm³/mol. The third-order valence-electron chi connectivity index (χ3n) is 28.9. The van der Waals surface area contributed by atoms with Gasteiger partial charge in [0.2, 0.25) is 5.75 Å². The minimum atomic E-state index is -1.44. The SMILES string of the molecule is O=C(O)C1N(c2ccc(Oc3c4occc4cc4ccc(=O)oc34)cc2)C(C(=O)O)C23c4c5c6c7c8c9c(c%10c%11c2c2c4c4c%12c5c5c6c6c8c8c%13c9c9c%10c%10c%11c%11c2c2c4c4c%12c%12c5c5c6c8c6c8c%13c9c9c%10c%10c%11c2c2c4c4c%12c5c6c5c8c9c%10c2c45)C713. The van der Waals surface area contributed by atoms with Gasteiger partial charge in [-0.15, -0.1) is 0 Å². The molecule has 2 unspecified atom stereocenters. The number of carboxylic acid groups (broad SMARTS) is 2. The van der Waals surface area contributed by atoms with E-state index < -0.39 is 40.5 Å². The van der Waals surface area contributed by atoms with Crippen molar-refractivity contribution in [2.24, 2.45) is 0 Å². The number of furan rings is 1. The normalized spacial score (nSPS) is 21.8. The average Bonchev–Trinajstić information content (AvgIpc) is 1.38. The van der Waals surface area contributed by atoms with Gasteiger partial charge in [0.15, 0.2) is 11.2 Å². The van der Waals surface area contributed by atoms with Crippen molar-refractivity contribution in [2.75, 3.05) is 4.90 Å². The van der Waals surface area contributed by atoms with Crippen molar-refractivity contribution in [1.29, 1.82) is 0 Å². The highest BCUT2D eigenvalue weighted by Crippen LogP contribution is 2.87. The Labute approximate surface area is 487 Å². The summed E-state index contributed by atoms with van der Waals surface area (Å²) in [7, 11) is 0. The number of anilines is 1. The maximum Gasteiger partial charge on any atom is 0.336 e. The molecule has 5 aliphatic rings. The summed E-state index contributed by atoms with van der Waals surface area (Å²) in [5.74, 6) is -1.42. The zero-order valence-electron chi connectivity index (χ0n) is 45.1. The van der Waals surface area contributed by atoms with E-state index in [4.69, 9.17) is 13.6 Å². The first-order valence-electron chi connectivity index (χ1n) is 31.6. The van der Waals surface area contributed by atoms with Crippen LogP contribution < -0.4 is 15.3 Å². The third-order valence-corrected chi connectivity index (χ3v) is 28.9. The highest BCUT2D eigenvalue weighted by molar-refractivity contribution is 6.82. The van der Waals surface area contributed by atoms with Crippen LogP contribution >= 0.6 is 0 Å². The van der Waals surface area contributed by atoms with Gasteiger partial charge in [-0.1, -0.05) is 0 Å². The summed E-state index contributed by atoms with van der Waals surface area (Å²) in [4.78, 5) is 47.4. The molecule has 90 heavy (non-hydrogen) atoms. The highest BCUT2D eigenvalue weighted by atomic mass is 16.5. The zero-order chi connectivity index (χ0) is 55.5. The Morgan fingerprint density at radius 3 is 0.889 bits per heavy atom. The van der Waals surface area contributed by atoms with Crippen LogP contribution in [-0.4, -0.2) is 34.2 Å². The summed E-state index contributed by atoms with van der Waals surface area (Å²) >= 11 is 0. The quantitative estimate of drug-likeness (QED) is 0.128. The molecule has 37 rings (SSSR count). The highest BCUT2D eigenvalue weighted by Gasteiger charge is 2.82. The van der Waals surface area contributed by atoms with Gasteiger partial charge in [0.25, 0.3) is 0 Å². The van der Waals surface area contributed by atoms with Gasteiger partial charge in [-0.25, -0.2) is 14.4 Å². The minimum absolute atomic E-state index is 0.242. The van der Waals surface area contributed by atoms with Gasteiger partial charge in [-0.2, -0.15) is 0 Å². The average molecular weight is 1130 g/mol. The van der Waals surface area contributed by atoms with Gasteiger partial charge in [-0.3, -0.25) is 0 Å². The second-order valence-corrected chi connectivity index (χ2v) is 30.1. The molecule has 9 heteroatoms. The molecule has 0 amide bonds. The number of rotatable bonds is 5. The number of hydrogen-bond acceptors (Lipinski definition) is 7. The molecule has 1 aliphatic heterocycles. The van der Waals surface area contributed by atoms with Gasteiger partial charge < -0.3 is 28.7 Å². The van der Waals surface area contributed by atoms with Gasteiger partial charge in [-0.05, 0) is 356 Å². The molecular formula is C81H13NO8. The third kappa shape index (κ3) is 2.20. The van der Waals surface area contributed by atoms with Gasteiger partial charge in [0.1, 0.15) is 17.8 Å². The second-order valence-electron chi connectivity index (χ2n) is 30.1. The molecule has 0 bridgehead atoms. The largest absolute Gasteiger partial charge is 0.480 e. The molecule has 9 nitrogen and oxygen atoms in total. The summed E-state index contributed by atoms with van der Waals surface area (Å²) in [5, 5.41) is 102. The fraction of sp³-hybridized carbons (Fsp3) is 0.0494. The van der Waals surface area contributed by atoms with Crippen molar-refractivity contribution >= 4 is 330 Å². The molecule has 2 atom stereocenters. The van der Waals surface area contributed by atoms with Crippen LogP contribution in [0.25, 0.3) is 313 Å². The standard InChI is InChI=1S/C81H13NO8/c83-14-6-1-10-9-11-7-8-88-73(11)75(74(10)90-14)89-13-4-2-12(3-5-13)82-76(78(84)85)80-69-61-53-43-33-25-17-15-16-19-23-21(17)29-37-31(23)41-35-27(19)28-20(16)24-22-18(15)26(25)34-40-30(22)38-32(24)42-36(28)46-45(35)55-49(41)59-51(37)57(47(53)39(29)33)65(69)67(59)71-63(55)64-56(46)50(42)60-52(38)58-48(40)54(44(34)43)62(61)70(80)66(58)68(60)72(64)81(71,80)77(82)79(86)87/h1-9,76-77H,(H,84,85)(H,86,87). The summed E-state index contributed by atoms with van der Waals surface area (Å²) in [6, 6.07) is 11.4. The fourth-order valence-corrected chi connectivity index (χ4v) is 28.3. The number of fused-ring (bicyclic) bond motifs is 2. The van der Waals surface area contributed by atoms with Crippen molar-refractivity contribution in [3.63, 3.8) is 0 Å². The maximum absolute atomic E-state index is 16.3. The molecular weight excluding hydrogens is 1110 g/mol. The number of carboxylic acids is 2. The first kappa shape index (κ1) is 36.4. The minimum Gasteiger partial charge on any atom is -0.480 e. The van der Waals surface area contributed by atoms with Crippen molar-refractivity contribution in [3.8, 4) is 11.5 Å². The lowest BCUT2D eigenvalue weighted by molar-refractivity contribution is -0.139. The Bertz CT molecular complexity index is 8410. The number of aliphatic carboxylic acids is 2. The molecule has 3 heterocycles.